The number of hydrogen-bond acceptors (Lipinski definition) is 4. The fourth-order valence-electron chi connectivity index (χ4n) is 11.7. The molecule has 4 heteroatoms. The number of hydrogen-bond donors (Lipinski definition) is 0. The minimum atomic E-state index is 0.0351. The third kappa shape index (κ3) is 6.20. The first-order valence-corrected chi connectivity index (χ1v) is 25.2. The van der Waals surface area contributed by atoms with Gasteiger partial charge < -0.3 is 9.80 Å². The molecule has 0 radical (unpaired) electrons. The summed E-state index contributed by atoms with van der Waals surface area (Å²) in [4.78, 5) is 10.0. The number of nitrogens with zero attached hydrogens (tertiary/aromatic N) is 2. The maximum Gasteiger partial charge on any atom is 0.0601 e. The zero-order chi connectivity index (χ0) is 44.1. The highest BCUT2D eigenvalue weighted by Crippen LogP contribution is 2.59. The van der Waals surface area contributed by atoms with Crippen LogP contribution in [0.1, 0.15) is 47.9 Å². The van der Waals surface area contributed by atoms with Crippen molar-refractivity contribution in [3.05, 3.63) is 229 Å². The van der Waals surface area contributed by atoms with Crippen molar-refractivity contribution in [3.63, 3.8) is 0 Å². The van der Waals surface area contributed by atoms with Gasteiger partial charge in [-0.05, 0) is 158 Å². The van der Waals surface area contributed by atoms with Gasteiger partial charge in [-0.2, -0.15) is 0 Å². The molecule has 14 rings (SSSR count). The average Bonchev–Trinajstić information content (AvgIpc) is 3.99. The van der Waals surface area contributed by atoms with Crippen LogP contribution in [0.15, 0.2) is 226 Å². The molecule has 10 aromatic carbocycles. The molecule has 2 aliphatic carbocycles. The second kappa shape index (κ2) is 15.4. The topological polar surface area (TPSA) is 6.48 Å². The van der Waals surface area contributed by atoms with E-state index in [-0.39, 0.29) is 5.41 Å². The molecule has 2 heterocycles. The van der Waals surface area contributed by atoms with Gasteiger partial charge in [0.05, 0.1) is 22.7 Å². The maximum atomic E-state index is 2.54. The van der Waals surface area contributed by atoms with Crippen molar-refractivity contribution in [3.8, 4) is 22.3 Å². The molecule has 0 amide bonds. The number of rotatable bonds is 5. The Balaban J connectivity index is 0.784. The summed E-state index contributed by atoms with van der Waals surface area (Å²) in [6.07, 6.45) is 9.56. The third-order valence-electron chi connectivity index (χ3n) is 14.8. The van der Waals surface area contributed by atoms with Crippen LogP contribution in [0, 0.1) is 0 Å². The number of anilines is 6. The molecule has 0 aromatic heterocycles. The molecule has 2 aliphatic heterocycles. The first-order valence-electron chi connectivity index (χ1n) is 23.5. The SMILES string of the molecule is C(=C\c1ccc(-c2ccc3cc(N4c5ccccc5Sc5ccccc54)ccc3c2)c2ccccc12)/c1ccc2c(c1)C1(CCCC1)c1cc(N3c4ccccc4Sc4ccccc43)ccc1-2. The maximum absolute atomic E-state index is 2.54. The summed E-state index contributed by atoms with van der Waals surface area (Å²) in [7, 11) is 0. The van der Waals surface area contributed by atoms with Crippen LogP contribution >= 0.6 is 23.5 Å². The summed E-state index contributed by atoms with van der Waals surface area (Å²) in [5.74, 6) is 0. The molecule has 0 saturated heterocycles. The van der Waals surface area contributed by atoms with Crippen molar-refractivity contribution < 1.29 is 0 Å². The Hall–Kier alpha value is -7.24. The Morgan fingerprint density at radius 2 is 0.881 bits per heavy atom. The normalized spacial score (nSPS) is 15.1. The Morgan fingerprint density at radius 3 is 1.52 bits per heavy atom. The van der Waals surface area contributed by atoms with Crippen molar-refractivity contribution in [2.45, 2.75) is 50.7 Å². The van der Waals surface area contributed by atoms with Crippen LogP contribution in [0.25, 0.3) is 56.0 Å². The lowest BCUT2D eigenvalue weighted by Gasteiger charge is -2.34. The van der Waals surface area contributed by atoms with Gasteiger partial charge in [-0.3, -0.25) is 0 Å². The van der Waals surface area contributed by atoms with Crippen molar-refractivity contribution in [1.29, 1.82) is 0 Å². The van der Waals surface area contributed by atoms with Crippen molar-refractivity contribution in [2.24, 2.45) is 0 Å². The molecule has 0 bridgehead atoms. The fraction of sp³-hybridized carbons (Fsp3) is 0.0794. The lowest BCUT2D eigenvalue weighted by molar-refractivity contribution is 0.550. The second-order valence-electron chi connectivity index (χ2n) is 18.4. The second-order valence-corrected chi connectivity index (χ2v) is 20.6. The predicted octanol–water partition coefficient (Wildman–Crippen LogP) is 18.5. The fourth-order valence-corrected chi connectivity index (χ4v) is 13.8. The minimum absolute atomic E-state index is 0.0351. The molecule has 0 unspecified atom stereocenters. The van der Waals surface area contributed by atoms with Gasteiger partial charge in [0.15, 0.2) is 0 Å². The monoisotopic (exact) mass is 892 g/mol. The van der Waals surface area contributed by atoms with E-state index in [1.807, 2.05) is 23.5 Å². The first kappa shape index (κ1) is 39.0. The van der Waals surface area contributed by atoms with Crippen molar-refractivity contribution in [2.75, 3.05) is 9.80 Å². The van der Waals surface area contributed by atoms with Crippen molar-refractivity contribution >= 4 is 91.3 Å². The van der Waals surface area contributed by atoms with Crippen LogP contribution in [-0.2, 0) is 5.41 Å². The van der Waals surface area contributed by atoms with Crippen LogP contribution in [-0.4, -0.2) is 0 Å². The molecule has 67 heavy (non-hydrogen) atoms. The molecule has 318 valence electrons. The molecule has 10 aromatic rings. The van der Waals surface area contributed by atoms with E-state index in [1.54, 1.807) is 0 Å². The van der Waals surface area contributed by atoms with Gasteiger partial charge in [-0.25, -0.2) is 0 Å². The summed E-state index contributed by atoms with van der Waals surface area (Å²) < 4.78 is 0. The van der Waals surface area contributed by atoms with E-state index < -0.39 is 0 Å². The zero-order valence-electron chi connectivity index (χ0n) is 36.8. The van der Waals surface area contributed by atoms with Gasteiger partial charge in [0, 0.05) is 36.4 Å². The van der Waals surface area contributed by atoms with E-state index in [1.165, 1.54) is 145 Å². The molecule has 2 nitrogen and oxygen atoms in total. The molecule has 1 fully saturated rings. The van der Waals surface area contributed by atoms with E-state index >= 15 is 0 Å². The molecule has 0 N–H and O–H groups in total. The molecule has 1 saturated carbocycles. The van der Waals surface area contributed by atoms with Gasteiger partial charge >= 0.3 is 0 Å². The Morgan fingerprint density at radius 1 is 0.388 bits per heavy atom. The third-order valence-corrected chi connectivity index (χ3v) is 17.0. The van der Waals surface area contributed by atoms with Gasteiger partial charge in [0.1, 0.15) is 0 Å². The smallest absolute Gasteiger partial charge is 0.0601 e. The van der Waals surface area contributed by atoms with E-state index in [4.69, 9.17) is 0 Å². The Kier molecular flexibility index (Phi) is 8.97. The van der Waals surface area contributed by atoms with Crippen LogP contribution in [0.2, 0.25) is 0 Å². The quantitative estimate of drug-likeness (QED) is 0.159. The van der Waals surface area contributed by atoms with Gasteiger partial charge in [0.25, 0.3) is 0 Å². The summed E-state index contributed by atoms with van der Waals surface area (Å²) in [6, 6.07) is 77.1. The zero-order valence-corrected chi connectivity index (χ0v) is 38.5. The predicted molar refractivity (Wildman–Crippen MR) is 285 cm³/mol. The van der Waals surface area contributed by atoms with Crippen LogP contribution in [0.5, 0.6) is 0 Å². The lowest BCUT2D eigenvalue weighted by Crippen LogP contribution is -2.21. The highest BCUT2D eigenvalue weighted by atomic mass is 32.2. The molecule has 4 aliphatic rings. The van der Waals surface area contributed by atoms with Gasteiger partial charge in [0.2, 0.25) is 0 Å². The van der Waals surface area contributed by atoms with E-state index in [9.17, 15) is 0 Å². The minimum Gasteiger partial charge on any atom is -0.308 e. The van der Waals surface area contributed by atoms with Crippen LogP contribution in [0.4, 0.5) is 34.1 Å². The van der Waals surface area contributed by atoms with Gasteiger partial charge in [-0.15, -0.1) is 0 Å². The number of benzene rings is 10. The molecule has 0 atom stereocenters. The van der Waals surface area contributed by atoms with Crippen LogP contribution < -0.4 is 9.80 Å². The summed E-state index contributed by atoms with van der Waals surface area (Å²) >= 11 is 3.72. The highest BCUT2D eigenvalue weighted by Gasteiger charge is 2.45. The average molecular weight is 893 g/mol. The molecular formula is C63H44N2S2. The Bertz CT molecular complexity index is 3600. The largest absolute Gasteiger partial charge is 0.308 e. The summed E-state index contributed by atoms with van der Waals surface area (Å²) in [6.45, 7) is 0. The van der Waals surface area contributed by atoms with Crippen LogP contribution in [0.3, 0.4) is 0 Å². The number of fused-ring (bicyclic) bond motifs is 11. The summed E-state index contributed by atoms with van der Waals surface area (Å²) in [5.41, 5.74) is 18.2. The first-order chi connectivity index (χ1) is 33.2. The standard InChI is InChI=1S/C63H44N2S2/c1-2-14-50-48(13-1)42(29-33-49(50)45-27-26-44-39-46(30-28-43(44)38-45)64-55-15-3-7-19-59(55)66-60-20-8-4-16-56(60)64)25-23-41-24-32-51-52-34-31-47(40-54(52)63(53(51)37-41)35-11-12-36-63)65-57-17-5-9-21-61(57)67-62-22-10-6-18-58(62)65/h1-10,13-34,37-40H,11-12,35-36H2/b25-23+. The van der Waals surface area contributed by atoms with E-state index in [0.717, 1.165) is 0 Å². The van der Waals surface area contributed by atoms with E-state index in [0.29, 0.717) is 0 Å². The summed E-state index contributed by atoms with van der Waals surface area (Å²) in [5, 5.41) is 4.99. The van der Waals surface area contributed by atoms with E-state index in [2.05, 4.69) is 228 Å². The lowest BCUT2D eigenvalue weighted by atomic mass is 9.76. The van der Waals surface area contributed by atoms with Crippen molar-refractivity contribution in [1.82, 2.24) is 0 Å². The molecular weight excluding hydrogens is 849 g/mol. The molecule has 1 spiro atoms. The highest BCUT2D eigenvalue weighted by molar-refractivity contribution is 8.00. The number of para-hydroxylation sites is 4. The Labute approximate surface area is 400 Å². The van der Waals surface area contributed by atoms with Gasteiger partial charge in [-0.1, -0.05) is 176 Å².